The zero-order valence-electron chi connectivity index (χ0n) is 7.53. The van der Waals surface area contributed by atoms with Crippen LogP contribution in [0.4, 0.5) is 0 Å². The van der Waals surface area contributed by atoms with E-state index in [1.165, 1.54) is 20.0 Å². The number of hydrogen-bond donors (Lipinski definition) is 0. The van der Waals surface area contributed by atoms with E-state index in [0.29, 0.717) is 12.7 Å². The van der Waals surface area contributed by atoms with Gasteiger partial charge in [0, 0.05) is 0 Å². The maximum absolute atomic E-state index is 5.54. The minimum absolute atomic E-state index is 0.429. The molecule has 1 radical (unpaired) electrons. The maximum Gasteiger partial charge on any atom is 0.106 e. The Labute approximate surface area is 73.7 Å². The van der Waals surface area contributed by atoms with Crippen LogP contribution >= 0.6 is 0 Å². The predicted molar refractivity (Wildman–Crippen MR) is 48.0 cm³/mol. The van der Waals surface area contributed by atoms with Gasteiger partial charge in [-0.1, -0.05) is 5.16 Å². The van der Waals surface area contributed by atoms with Crippen LogP contribution in [0.5, 0.6) is 0 Å². The molecule has 0 saturated heterocycles. The Morgan fingerprint density at radius 1 is 1.50 bits per heavy atom. The lowest BCUT2D eigenvalue weighted by molar-refractivity contribution is 0.0606. The van der Waals surface area contributed by atoms with Crippen molar-refractivity contribution in [2.45, 2.75) is 31.8 Å². The van der Waals surface area contributed by atoms with Gasteiger partial charge in [-0.3, -0.25) is 0 Å². The average molecular weight is 170 g/mol. The van der Waals surface area contributed by atoms with E-state index < -0.39 is 0 Å². The highest BCUT2D eigenvalue weighted by molar-refractivity contribution is 5.57. The molecule has 0 aromatic rings. The van der Waals surface area contributed by atoms with Crippen LogP contribution in [0.25, 0.3) is 0 Å². The Balaban J connectivity index is 2.01. The van der Waals surface area contributed by atoms with E-state index in [2.05, 4.69) is 16.4 Å². The van der Waals surface area contributed by atoms with Crippen LogP contribution in [-0.2, 0) is 9.57 Å². The molecule has 0 unspecified atom stereocenters. The summed E-state index contributed by atoms with van der Waals surface area (Å²) in [5.74, 6) is 0. The highest BCUT2D eigenvalue weighted by Gasteiger charge is 2.12. The van der Waals surface area contributed by atoms with Gasteiger partial charge in [0.05, 0.1) is 18.9 Å². The van der Waals surface area contributed by atoms with Crippen LogP contribution in [0, 0.1) is 6.42 Å². The summed E-state index contributed by atoms with van der Waals surface area (Å²) < 4.78 is 5.54. The Bertz CT molecular complexity index is 130. The van der Waals surface area contributed by atoms with Gasteiger partial charge in [-0.25, -0.2) is 0 Å². The number of rotatable bonds is 4. The van der Waals surface area contributed by atoms with E-state index in [1.54, 1.807) is 6.21 Å². The van der Waals surface area contributed by atoms with Gasteiger partial charge in [-0.15, -0.1) is 0 Å². The molecule has 0 aromatic heterocycles. The van der Waals surface area contributed by atoms with Gasteiger partial charge < -0.3 is 9.57 Å². The van der Waals surface area contributed by atoms with E-state index >= 15 is 0 Å². The molecular weight excluding hydrogens is 154 g/mol. The van der Waals surface area contributed by atoms with Crippen LogP contribution in [0.3, 0.4) is 0 Å². The molecule has 12 heavy (non-hydrogen) atoms. The lowest BCUT2D eigenvalue weighted by atomic mass is 9.98. The molecule has 69 valence electrons. The summed E-state index contributed by atoms with van der Waals surface area (Å²) in [6, 6.07) is 0. The molecule has 0 heterocycles. The Morgan fingerprint density at radius 3 is 2.92 bits per heavy atom. The second-order valence-corrected chi connectivity index (χ2v) is 2.87. The molecular formula is C9H16NO2. The van der Waals surface area contributed by atoms with Crippen molar-refractivity contribution in [2.24, 2.45) is 5.16 Å². The average Bonchev–Trinajstić information content (AvgIpc) is 2.14. The summed E-state index contributed by atoms with van der Waals surface area (Å²) >= 11 is 0. The first-order valence-corrected chi connectivity index (χ1v) is 4.41. The van der Waals surface area contributed by atoms with E-state index in [0.717, 1.165) is 12.8 Å². The minimum Gasteiger partial charge on any atom is -0.399 e. The Kier molecular flexibility index (Phi) is 4.76. The zero-order valence-corrected chi connectivity index (χ0v) is 7.53. The summed E-state index contributed by atoms with van der Waals surface area (Å²) in [7, 11) is 1.53. The molecule has 0 aromatic carbocycles. The van der Waals surface area contributed by atoms with Crippen molar-refractivity contribution in [1.82, 2.24) is 0 Å². The van der Waals surface area contributed by atoms with Gasteiger partial charge in [0.2, 0.25) is 0 Å². The van der Waals surface area contributed by atoms with Crippen LogP contribution in [0.15, 0.2) is 5.16 Å². The third-order valence-corrected chi connectivity index (χ3v) is 1.97. The molecule has 0 amide bonds. The summed E-state index contributed by atoms with van der Waals surface area (Å²) in [5.41, 5.74) is 0. The molecule has 0 N–H and O–H groups in total. The second kappa shape index (κ2) is 6.00. The molecule has 0 atom stereocenters. The molecule has 1 aliphatic rings. The minimum atomic E-state index is 0.429. The van der Waals surface area contributed by atoms with Crippen molar-refractivity contribution in [3.8, 4) is 0 Å². The van der Waals surface area contributed by atoms with Crippen molar-refractivity contribution in [1.29, 1.82) is 0 Å². The number of ether oxygens (including phenoxy) is 1. The molecule has 1 rings (SSSR count). The first-order valence-electron chi connectivity index (χ1n) is 4.41. The number of oxime groups is 1. The predicted octanol–water partition coefficient (Wildman–Crippen LogP) is 1.78. The van der Waals surface area contributed by atoms with Crippen molar-refractivity contribution in [3.05, 3.63) is 6.42 Å². The number of nitrogens with zero attached hydrogens (tertiary/aromatic N) is 1. The SMILES string of the molecule is CO/N=C/COC1CC[CH]CC1. The molecule has 1 aliphatic carbocycles. The highest BCUT2D eigenvalue weighted by atomic mass is 16.6. The van der Waals surface area contributed by atoms with Crippen molar-refractivity contribution >= 4 is 6.21 Å². The summed E-state index contributed by atoms with van der Waals surface area (Å²) in [6.45, 7) is 0.568. The first-order chi connectivity index (χ1) is 5.93. The molecule has 0 bridgehead atoms. The van der Waals surface area contributed by atoms with Crippen LogP contribution in [0.1, 0.15) is 25.7 Å². The lowest BCUT2D eigenvalue weighted by Gasteiger charge is -2.20. The molecule has 0 aliphatic heterocycles. The summed E-state index contributed by atoms with van der Waals surface area (Å²) in [6.07, 6.45) is 9.08. The molecule has 1 saturated carbocycles. The third-order valence-electron chi connectivity index (χ3n) is 1.97. The van der Waals surface area contributed by atoms with Gasteiger partial charge in [0.25, 0.3) is 0 Å². The van der Waals surface area contributed by atoms with Gasteiger partial charge in [-0.05, 0) is 32.1 Å². The van der Waals surface area contributed by atoms with E-state index in [1.807, 2.05) is 0 Å². The third kappa shape index (κ3) is 3.72. The Hall–Kier alpha value is -0.570. The Morgan fingerprint density at radius 2 is 2.25 bits per heavy atom. The second-order valence-electron chi connectivity index (χ2n) is 2.87. The fourth-order valence-electron chi connectivity index (χ4n) is 1.35. The standard InChI is InChI=1S/C9H16NO2/c1-11-10-7-8-12-9-5-3-2-4-6-9/h2,7,9H,3-6,8H2,1H3/b10-7+. The van der Waals surface area contributed by atoms with Gasteiger partial charge in [0.1, 0.15) is 7.11 Å². The zero-order chi connectivity index (χ0) is 8.65. The first kappa shape index (κ1) is 9.52. The molecule has 1 fully saturated rings. The summed E-state index contributed by atoms with van der Waals surface area (Å²) in [5, 5.41) is 3.60. The fourth-order valence-corrected chi connectivity index (χ4v) is 1.35. The fraction of sp³-hybridized carbons (Fsp3) is 0.778. The van der Waals surface area contributed by atoms with Crippen molar-refractivity contribution in [2.75, 3.05) is 13.7 Å². The molecule has 0 spiro atoms. The van der Waals surface area contributed by atoms with Crippen molar-refractivity contribution in [3.63, 3.8) is 0 Å². The van der Waals surface area contributed by atoms with Gasteiger partial charge >= 0.3 is 0 Å². The van der Waals surface area contributed by atoms with E-state index in [-0.39, 0.29) is 0 Å². The monoisotopic (exact) mass is 170 g/mol. The molecule has 3 nitrogen and oxygen atoms in total. The smallest absolute Gasteiger partial charge is 0.106 e. The number of hydrogen-bond acceptors (Lipinski definition) is 3. The van der Waals surface area contributed by atoms with E-state index in [9.17, 15) is 0 Å². The van der Waals surface area contributed by atoms with Gasteiger partial charge in [0.15, 0.2) is 0 Å². The quantitative estimate of drug-likeness (QED) is 0.475. The van der Waals surface area contributed by atoms with Crippen molar-refractivity contribution < 1.29 is 9.57 Å². The highest BCUT2D eigenvalue weighted by Crippen LogP contribution is 2.18. The normalized spacial score (nSPS) is 20.1. The van der Waals surface area contributed by atoms with Gasteiger partial charge in [-0.2, -0.15) is 0 Å². The summed E-state index contributed by atoms with van der Waals surface area (Å²) in [4.78, 5) is 4.51. The van der Waals surface area contributed by atoms with Crippen LogP contribution in [0.2, 0.25) is 0 Å². The lowest BCUT2D eigenvalue weighted by Crippen LogP contribution is -2.17. The largest absolute Gasteiger partial charge is 0.399 e. The van der Waals surface area contributed by atoms with Crippen LogP contribution < -0.4 is 0 Å². The maximum atomic E-state index is 5.54. The topological polar surface area (TPSA) is 30.8 Å². The van der Waals surface area contributed by atoms with Crippen LogP contribution in [-0.4, -0.2) is 26.0 Å². The molecule has 3 heteroatoms. The van der Waals surface area contributed by atoms with E-state index in [4.69, 9.17) is 4.74 Å².